The predicted octanol–water partition coefficient (Wildman–Crippen LogP) is -0.337. The first kappa shape index (κ1) is 59.0. The molecule has 0 aromatic rings. The Morgan fingerprint density at radius 1 is 0.658 bits per heavy atom. The highest BCUT2D eigenvalue weighted by atomic mass is 16.8. The van der Waals surface area contributed by atoms with E-state index < -0.39 is 164 Å². The molecule has 0 bridgehead atoms. The number of hydrogen-bond acceptors (Lipinski definition) is 22. The van der Waals surface area contributed by atoms with E-state index in [2.05, 4.69) is 48.5 Å². The van der Waals surface area contributed by atoms with Crippen molar-refractivity contribution in [2.45, 2.75) is 248 Å². The van der Waals surface area contributed by atoms with Gasteiger partial charge in [-0.3, -0.25) is 4.79 Å². The smallest absolute Gasteiger partial charge is 0.316 e. The maximum atomic E-state index is 14.4. The van der Waals surface area contributed by atoms with Gasteiger partial charge in [0, 0.05) is 13.0 Å². The number of methoxy groups -OCH3 is 1. The molecule has 8 fully saturated rings. The molecule has 22 heteroatoms. The molecule has 76 heavy (non-hydrogen) atoms. The van der Waals surface area contributed by atoms with Crippen LogP contribution < -0.4 is 0 Å². The van der Waals surface area contributed by atoms with Crippen LogP contribution in [-0.2, 0) is 52.2 Å². The summed E-state index contributed by atoms with van der Waals surface area (Å²) in [7, 11) is 1.21. The second kappa shape index (κ2) is 22.0. The fraction of sp³-hybridized carbons (Fsp3) is 0.944. The van der Waals surface area contributed by atoms with Gasteiger partial charge in [0.25, 0.3) is 0 Å². The molecule has 1 spiro atoms. The summed E-state index contributed by atoms with van der Waals surface area (Å²) in [5.41, 5.74) is -1.85. The van der Waals surface area contributed by atoms with Gasteiger partial charge in [-0.2, -0.15) is 0 Å². The number of esters is 1. The molecule has 22 nitrogen and oxygen atoms in total. The maximum absolute atomic E-state index is 14.4. The summed E-state index contributed by atoms with van der Waals surface area (Å²) in [5.74, 6) is 0.308. The molecule has 5 heterocycles. The highest BCUT2D eigenvalue weighted by molar-refractivity contribution is 5.84. The standard InChI is InChI=1S/C54H88O22/c1-23(2)11-10-16-53(8)31-14-18-52(7)25-12-13-30-50(4,5)33(15-17-51(30,6)26(25)19-32(58)54(31,52)49(66)76-53)72-48-44(34(59)27(57)22-68-48)75-45-38(63)37(62)41(24(3)69-45)73-47-40(65)43(36(61)29(21-56)71-47)74-46-39(64)42(67-9)35(60)28(20-55)70-46/h19,23-25,27-48,55-65H,10-18,20-22H2,1-9H3/t24?,25?,27-,28?,29?,30+,31-,32+,33+,34?,35-,36-,37?,38?,39?,40?,41-,42?,43?,44?,45+,46+,47+,48+,51-,52+,53+,54?/m1/s1. The van der Waals surface area contributed by atoms with Crippen LogP contribution in [0.15, 0.2) is 11.6 Å². The van der Waals surface area contributed by atoms with Gasteiger partial charge in [-0.05, 0) is 99.2 Å². The van der Waals surface area contributed by atoms with E-state index in [0.29, 0.717) is 18.8 Å². The lowest BCUT2D eigenvalue weighted by Crippen LogP contribution is -2.67. The van der Waals surface area contributed by atoms with Crippen molar-refractivity contribution in [1.29, 1.82) is 0 Å². The van der Waals surface area contributed by atoms with Gasteiger partial charge in [-0.25, -0.2) is 0 Å². The molecular formula is C54H88O22. The topological polar surface area (TPSA) is 332 Å². The molecule has 9 aliphatic rings. The monoisotopic (exact) mass is 1090 g/mol. The van der Waals surface area contributed by atoms with Crippen molar-refractivity contribution in [1.82, 2.24) is 0 Å². The second-order valence-electron chi connectivity index (χ2n) is 25.4. The molecule has 0 aromatic carbocycles. The minimum atomic E-state index is -1.90. The van der Waals surface area contributed by atoms with Crippen molar-refractivity contribution in [2.75, 3.05) is 26.9 Å². The summed E-state index contributed by atoms with van der Waals surface area (Å²) in [6.45, 7) is 14.9. The lowest BCUT2D eigenvalue weighted by molar-refractivity contribution is -0.389. The van der Waals surface area contributed by atoms with Crippen molar-refractivity contribution in [2.24, 2.45) is 45.3 Å². The highest BCUT2D eigenvalue weighted by Gasteiger charge is 2.79. The van der Waals surface area contributed by atoms with Gasteiger partial charge in [0.15, 0.2) is 25.2 Å². The Kier molecular flexibility index (Phi) is 17.1. The van der Waals surface area contributed by atoms with Gasteiger partial charge in [0.05, 0.1) is 38.1 Å². The van der Waals surface area contributed by atoms with Crippen LogP contribution >= 0.6 is 0 Å². The number of hydrogen-bond donors (Lipinski definition) is 11. The molecule has 9 rings (SSSR count). The van der Waals surface area contributed by atoms with Crippen molar-refractivity contribution in [3.63, 3.8) is 0 Å². The van der Waals surface area contributed by atoms with Crippen LogP contribution in [0.4, 0.5) is 0 Å². The lowest BCUT2D eigenvalue weighted by atomic mass is 9.40. The van der Waals surface area contributed by atoms with E-state index in [1.165, 1.54) is 19.6 Å². The molecule has 5 saturated heterocycles. The molecule has 0 radical (unpaired) electrons. The van der Waals surface area contributed by atoms with Crippen LogP contribution in [0.1, 0.15) is 113 Å². The van der Waals surface area contributed by atoms with E-state index in [-0.39, 0.29) is 35.7 Å². The van der Waals surface area contributed by atoms with Crippen LogP contribution in [0.25, 0.3) is 0 Å². The fourth-order valence-corrected chi connectivity index (χ4v) is 16.2. The van der Waals surface area contributed by atoms with E-state index >= 15 is 0 Å². The largest absolute Gasteiger partial charge is 0.459 e. The SMILES string of the molecule is COC1C(O)[C@H](OC2C(O)[C@H](O[C@@H]3C(C)O[C@@H](OC4C(O)[C@H](O)CO[C@H]4O[C@H]4CC[C@]5(C)C6=C[C@H](O)C78C(=O)O[C@@](C)(CCCC(C)C)[C@H]7CC[C@@]8(C)C6CC[C@H]5C4(C)C)C(O)C3O)OC(CO)[C@H]2O)OC(CO)[C@H]1O. The van der Waals surface area contributed by atoms with Gasteiger partial charge in [0.2, 0.25) is 0 Å². The Balaban J connectivity index is 0.872. The molecule has 11 N–H and O–H groups in total. The second-order valence-corrected chi connectivity index (χ2v) is 25.4. The van der Waals surface area contributed by atoms with Gasteiger partial charge in [-0.1, -0.05) is 59.6 Å². The van der Waals surface area contributed by atoms with Crippen LogP contribution in [0.5, 0.6) is 0 Å². The first-order valence-corrected chi connectivity index (χ1v) is 27.8. The van der Waals surface area contributed by atoms with Crippen LogP contribution in [0.3, 0.4) is 0 Å². The zero-order valence-electron chi connectivity index (χ0n) is 45.4. The summed E-state index contributed by atoms with van der Waals surface area (Å²) in [6, 6.07) is 0. The molecule has 28 atom stereocenters. The number of carbonyl (C=O) groups is 1. The third-order valence-corrected chi connectivity index (χ3v) is 20.4. The summed E-state index contributed by atoms with van der Waals surface area (Å²) in [4.78, 5) is 14.4. The molecule has 3 saturated carbocycles. The molecule has 4 aliphatic carbocycles. The van der Waals surface area contributed by atoms with E-state index in [0.717, 1.165) is 44.9 Å². The van der Waals surface area contributed by atoms with Crippen LogP contribution in [0, 0.1) is 45.3 Å². The Hall–Kier alpha value is -1.59. The Bertz CT molecular complexity index is 2060. The summed E-state index contributed by atoms with van der Waals surface area (Å²) < 4.78 is 59.8. The number of cyclic esters (lactones) is 1. The van der Waals surface area contributed by atoms with Gasteiger partial charge in [0.1, 0.15) is 96.5 Å². The molecule has 13 unspecified atom stereocenters. The van der Waals surface area contributed by atoms with Gasteiger partial charge in [-0.15, -0.1) is 0 Å². The zero-order chi connectivity index (χ0) is 55.4. The maximum Gasteiger partial charge on any atom is 0.316 e. The molecule has 0 amide bonds. The number of carbonyl (C=O) groups excluding carboxylic acids is 1. The number of ether oxygens (including phenoxy) is 10. The number of allylic oxidation sites excluding steroid dienone is 1. The summed E-state index contributed by atoms with van der Waals surface area (Å²) >= 11 is 0. The lowest BCUT2D eigenvalue weighted by Gasteiger charge is -2.64. The van der Waals surface area contributed by atoms with Crippen molar-refractivity contribution in [3.05, 3.63) is 11.6 Å². The molecule has 0 aromatic heterocycles. The Morgan fingerprint density at radius 2 is 1.26 bits per heavy atom. The van der Waals surface area contributed by atoms with Crippen molar-refractivity contribution >= 4 is 5.97 Å². The molecule has 436 valence electrons. The van der Waals surface area contributed by atoms with Gasteiger partial charge < -0.3 is 104 Å². The predicted molar refractivity (Wildman–Crippen MR) is 262 cm³/mol. The van der Waals surface area contributed by atoms with E-state index in [4.69, 9.17) is 47.4 Å². The normalized spacial score (nSPS) is 53.1. The fourth-order valence-electron chi connectivity index (χ4n) is 16.2. The van der Waals surface area contributed by atoms with Crippen LogP contribution in [-0.4, -0.2) is 224 Å². The first-order chi connectivity index (χ1) is 35.7. The van der Waals surface area contributed by atoms with Gasteiger partial charge >= 0.3 is 5.97 Å². The first-order valence-electron chi connectivity index (χ1n) is 27.8. The minimum absolute atomic E-state index is 0.0577. The van der Waals surface area contributed by atoms with E-state index in [1.807, 2.05) is 6.08 Å². The van der Waals surface area contributed by atoms with Crippen molar-refractivity contribution in [3.8, 4) is 0 Å². The molecular weight excluding hydrogens is 1000 g/mol. The van der Waals surface area contributed by atoms with E-state index in [1.54, 1.807) is 0 Å². The summed E-state index contributed by atoms with van der Waals surface area (Å²) in [5, 5.41) is 122. The van der Waals surface area contributed by atoms with Crippen molar-refractivity contribution < 1.29 is 108 Å². The average Bonchev–Trinajstić information content (AvgIpc) is 4.07. The van der Waals surface area contributed by atoms with Crippen LogP contribution in [0.2, 0.25) is 0 Å². The highest BCUT2D eigenvalue weighted by Crippen LogP contribution is 2.76. The third-order valence-electron chi connectivity index (χ3n) is 20.4. The zero-order valence-corrected chi connectivity index (χ0v) is 45.4. The average molecular weight is 1090 g/mol. The minimum Gasteiger partial charge on any atom is -0.459 e. The number of rotatable bonds is 15. The van der Waals surface area contributed by atoms with E-state index in [9.17, 15) is 61.0 Å². The Morgan fingerprint density at radius 3 is 1.89 bits per heavy atom. The Labute approximate surface area is 444 Å². The molecule has 5 aliphatic heterocycles. The number of fused-ring (bicyclic) bond motifs is 4. The summed E-state index contributed by atoms with van der Waals surface area (Å²) in [6.07, 6.45) is -21.8. The number of aliphatic hydroxyl groups is 11. The quantitative estimate of drug-likeness (QED) is 0.0568. The number of aliphatic hydroxyl groups excluding tert-OH is 11. The third kappa shape index (κ3) is 9.47.